The van der Waals surface area contributed by atoms with Crippen LogP contribution < -0.4 is 5.32 Å². The Morgan fingerprint density at radius 2 is 1.78 bits per heavy atom. The van der Waals surface area contributed by atoms with Crippen molar-refractivity contribution in [3.8, 4) is 0 Å². The van der Waals surface area contributed by atoms with Crippen LogP contribution in [0.2, 0.25) is 0 Å². The SMILES string of the molecule is CNCc1cnc(C)n1Cc1cc(C)cc(C)c1. The van der Waals surface area contributed by atoms with E-state index >= 15 is 0 Å². The van der Waals surface area contributed by atoms with Gasteiger partial charge in [-0.15, -0.1) is 0 Å². The van der Waals surface area contributed by atoms with E-state index in [2.05, 4.69) is 53.8 Å². The molecule has 0 amide bonds. The second kappa shape index (κ2) is 5.36. The van der Waals surface area contributed by atoms with Gasteiger partial charge in [-0.2, -0.15) is 0 Å². The van der Waals surface area contributed by atoms with Crippen molar-refractivity contribution in [2.24, 2.45) is 0 Å². The van der Waals surface area contributed by atoms with Gasteiger partial charge in [0.1, 0.15) is 5.82 Å². The summed E-state index contributed by atoms with van der Waals surface area (Å²) in [4.78, 5) is 4.40. The molecule has 0 aliphatic rings. The predicted molar refractivity (Wildman–Crippen MR) is 74.7 cm³/mol. The number of aromatic nitrogens is 2. The third-order valence-electron chi connectivity index (χ3n) is 3.12. The van der Waals surface area contributed by atoms with Crippen LogP contribution in [0.4, 0.5) is 0 Å². The number of hydrogen-bond acceptors (Lipinski definition) is 2. The molecule has 1 N–H and O–H groups in total. The van der Waals surface area contributed by atoms with Gasteiger partial charge in [-0.3, -0.25) is 0 Å². The molecule has 0 fully saturated rings. The lowest BCUT2D eigenvalue weighted by atomic mass is 10.1. The number of aryl methyl sites for hydroxylation is 3. The van der Waals surface area contributed by atoms with Crippen LogP contribution in [0.1, 0.15) is 28.2 Å². The van der Waals surface area contributed by atoms with Crippen LogP contribution in [0.25, 0.3) is 0 Å². The highest BCUT2D eigenvalue weighted by molar-refractivity contribution is 5.29. The number of imidazole rings is 1. The maximum atomic E-state index is 4.40. The quantitative estimate of drug-likeness (QED) is 0.894. The molecule has 3 nitrogen and oxygen atoms in total. The number of rotatable bonds is 4. The first-order valence-corrected chi connectivity index (χ1v) is 6.33. The molecule has 2 aromatic rings. The molecule has 0 aliphatic heterocycles. The summed E-state index contributed by atoms with van der Waals surface area (Å²) in [6.45, 7) is 8.09. The van der Waals surface area contributed by atoms with Gasteiger partial charge in [0.25, 0.3) is 0 Å². The Kier molecular flexibility index (Phi) is 3.82. The van der Waals surface area contributed by atoms with E-state index < -0.39 is 0 Å². The summed E-state index contributed by atoms with van der Waals surface area (Å²) in [6, 6.07) is 6.70. The van der Waals surface area contributed by atoms with Crippen molar-refractivity contribution in [3.05, 3.63) is 52.6 Å². The minimum absolute atomic E-state index is 0.853. The first kappa shape index (κ1) is 12.8. The molecule has 0 saturated heterocycles. The Morgan fingerprint density at radius 3 is 2.39 bits per heavy atom. The first-order valence-electron chi connectivity index (χ1n) is 6.33. The van der Waals surface area contributed by atoms with E-state index in [9.17, 15) is 0 Å². The highest BCUT2D eigenvalue weighted by Gasteiger charge is 2.07. The molecule has 0 bridgehead atoms. The Bertz CT molecular complexity index is 520. The number of nitrogens with one attached hydrogen (secondary N) is 1. The second-order valence-electron chi connectivity index (χ2n) is 4.91. The molecule has 0 atom stereocenters. The molecule has 1 heterocycles. The Balaban J connectivity index is 2.30. The Labute approximate surface area is 109 Å². The van der Waals surface area contributed by atoms with Crippen LogP contribution in [0.5, 0.6) is 0 Å². The summed E-state index contributed by atoms with van der Waals surface area (Å²) in [7, 11) is 1.96. The van der Waals surface area contributed by atoms with Gasteiger partial charge in [-0.1, -0.05) is 29.3 Å². The third-order valence-corrected chi connectivity index (χ3v) is 3.12. The molecule has 2 rings (SSSR count). The van der Waals surface area contributed by atoms with Crippen molar-refractivity contribution in [2.75, 3.05) is 7.05 Å². The Morgan fingerprint density at radius 1 is 1.11 bits per heavy atom. The fraction of sp³-hybridized carbons (Fsp3) is 0.400. The molecule has 3 heteroatoms. The van der Waals surface area contributed by atoms with Crippen molar-refractivity contribution < 1.29 is 0 Å². The van der Waals surface area contributed by atoms with E-state index in [0.29, 0.717) is 0 Å². The number of nitrogens with zero attached hydrogens (tertiary/aromatic N) is 2. The smallest absolute Gasteiger partial charge is 0.106 e. The molecule has 0 radical (unpaired) electrons. The first-order chi connectivity index (χ1) is 8.60. The normalized spacial score (nSPS) is 10.9. The van der Waals surface area contributed by atoms with Crippen molar-refractivity contribution in [3.63, 3.8) is 0 Å². The van der Waals surface area contributed by atoms with Gasteiger partial charge in [-0.05, 0) is 33.4 Å². The van der Waals surface area contributed by atoms with Gasteiger partial charge in [0.15, 0.2) is 0 Å². The summed E-state index contributed by atoms with van der Waals surface area (Å²) in [5.41, 5.74) is 5.20. The van der Waals surface area contributed by atoms with Crippen molar-refractivity contribution >= 4 is 0 Å². The number of benzene rings is 1. The van der Waals surface area contributed by atoms with Crippen LogP contribution in [-0.4, -0.2) is 16.6 Å². The van der Waals surface area contributed by atoms with E-state index in [4.69, 9.17) is 0 Å². The monoisotopic (exact) mass is 243 g/mol. The maximum absolute atomic E-state index is 4.40. The Hall–Kier alpha value is -1.61. The zero-order valence-electron chi connectivity index (χ0n) is 11.6. The van der Waals surface area contributed by atoms with Gasteiger partial charge in [0.2, 0.25) is 0 Å². The van der Waals surface area contributed by atoms with E-state index in [1.807, 2.05) is 13.2 Å². The number of hydrogen-bond donors (Lipinski definition) is 1. The van der Waals surface area contributed by atoms with Crippen LogP contribution >= 0.6 is 0 Å². The molecule has 0 spiro atoms. The summed E-state index contributed by atoms with van der Waals surface area (Å²) in [5.74, 6) is 1.07. The summed E-state index contributed by atoms with van der Waals surface area (Å²) < 4.78 is 2.27. The van der Waals surface area contributed by atoms with E-state index in [0.717, 1.165) is 18.9 Å². The average molecular weight is 243 g/mol. The predicted octanol–water partition coefficient (Wildman–Crippen LogP) is 2.58. The minimum Gasteiger partial charge on any atom is -0.327 e. The average Bonchev–Trinajstić information content (AvgIpc) is 2.61. The van der Waals surface area contributed by atoms with E-state index in [1.54, 1.807) is 0 Å². The molecule has 96 valence electrons. The molecule has 0 aliphatic carbocycles. The lowest BCUT2D eigenvalue weighted by Crippen LogP contribution is -2.13. The molecule has 1 aromatic heterocycles. The zero-order valence-corrected chi connectivity index (χ0v) is 11.6. The molecule has 1 aromatic carbocycles. The third kappa shape index (κ3) is 2.79. The molecule has 18 heavy (non-hydrogen) atoms. The van der Waals surface area contributed by atoms with Crippen LogP contribution in [0.3, 0.4) is 0 Å². The lowest BCUT2D eigenvalue weighted by Gasteiger charge is -2.11. The van der Waals surface area contributed by atoms with Crippen molar-refractivity contribution in [1.82, 2.24) is 14.9 Å². The fourth-order valence-electron chi connectivity index (χ4n) is 2.40. The zero-order chi connectivity index (χ0) is 13.1. The van der Waals surface area contributed by atoms with E-state index in [-0.39, 0.29) is 0 Å². The van der Waals surface area contributed by atoms with Crippen LogP contribution in [0.15, 0.2) is 24.4 Å². The minimum atomic E-state index is 0.853. The maximum Gasteiger partial charge on any atom is 0.106 e. The molecular formula is C15H21N3. The van der Waals surface area contributed by atoms with Gasteiger partial charge in [0.05, 0.1) is 5.69 Å². The summed E-state index contributed by atoms with van der Waals surface area (Å²) in [5, 5.41) is 3.19. The standard InChI is InChI=1S/C15H21N3/c1-11-5-12(2)7-14(6-11)10-18-13(3)17-9-15(18)8-16-4/h5-7,9,16H,8,10H2,1-4H3. The van der Waals surface area contributed by atoms with Crippen LogP contribution in [-0.2, 0) is 13.1 Å². The van der Waals surface area contributed by atoms with Crippen molar-refractivity contribution in [1.29, 1.82) is 0 Å². The highest BCUT2D eigenvalue weighted by atomic mass is 15.1. The molecule has 0 unspecified atom stereocenters. The van der Waals surface area contributed by atoms with Gasteiger partial charge >= 0.3 is 0 Å². The topological polar surface area (TPSA) is 29.9 Å². The molecule has 0 saturated carbocycles. The largest absolute Gasteiger partial charge is 0.327 e. The fourth-order valence-corrected chi connectivity index (χ4v) is 2.40. The highest BCUT2D eigenvalue weighted by Crippen LogP contribution is 2.13. The summed E-state index contributed by atoms with van der Waals surface area (Å²) in [6.07, 6.45) is 1.95. The van der Waals surface area contributed by atoms with Crippen molar-refractivity contribution in [2.45, 2.75) is 33.9 Å². The second-order valence-corrected chi connectivity index (χ2v) is 4.91. The lowest BCUT2D eigenvalue weighted by molar-refractivity contribution is 0.675. The van der Waals surface area contributed by atoms with Gasteiger partial charge in [-0.25, -0.2) is 4.98 Å². The van der Waals surface area contributed by atoms with E-state index in [1.165, 1.54) is 22.4 Å². The van der Waals surface area contributed by atoms with Gasteiger partial charge < -0.3 is 9.88 Å². The van der Waals surface area contributed by atoms with Gasteiger partial charge in [0, 0.05) is 19.3 Å². The molecular weight excluding hydrogens is 222 g/mol. The summed E-state index contributed by atoms with van der Waals surface area (Å²) >= 11 is 0. The van der Waals surface area contributed by atoms with Crippen LogP contribution in [0, 0.1) is 20.8 Å².